The van der Waals surface area contributed by atoms with Crippen LogP contribution in [0.3, 0.4) is 0 Å². The van der Waals surface area contributed by atoms with Crippen molar-refractivity contribution in [3.63, 3.8) is 0 Å². The number of rotatable bonds is 7. The molecule has 2 rings (SSSR count). The quantitative estimate of drug-likeness (QED) is 0.679. The van der Waals surface area contributed by atoms with Crippen molar-refractivity contribution < 1.29 is 16.8 Å². The van der Waals surface area contributed by atoms with Crippen LogP contribution in [0.25, 0.3) is 0 Å². The minimum Gasteiger partial charge on any atom is -0.225 e. The number of nitrogens with one attached hydrogen (secondary N) is 1. The molecule has 0 heterocycles. The largest absolute Gasteiger partial charge is 0.240 e. The molecule has 0 aromatic heterocycles. The van der Waals surface area contributed by atoms with Gasteiger partial charge < -0.3 is 0 Å². The number of primary sulfonamides is 1. The third-order valence-electron chi connectivity index (χ3n) is 3.65. The first-order chi connectivity index (χ1) is 11.6. The lowest BCUT2D eigenvalue weighted by Crippen LogP contribution is -2.27. The average molecular weight is 447 g/mol. The summed E-state index contributed by atoms with van der Waals surface area (Å²) in [6, 6.07) is 11.1. The summed E-state index contributed by atoms with van der Waals surface area (Å²) in [5.41, 5.74) is 1.54. The molecule has 0 aliphatic heterocycles. The molecular weight excluding hydrogens is 428 g/mol. The maximum Gasteiger partial charge on any atom is 0.240 e. The van der Waals surface area contributed by atoms with E-state index < -0.39 is 20.0 Å². The van der Waals surface area contributed by atoms with Gasteiger partial charge in [0, 0.05) is 11.0 Å². The van der Waals surface area contributed by atoms with Gasteiger partial charge in [0.2, 0.25) is 20.0 Å². The Labute approximate surface area is 156 Å². The number of aryl methyl sites for hydroxylation is 1. The third kappa shape index (κ3) is 5.35. The molecule has 2 aromatic rings. The molecule has 0 saturated heterocycles. The normalized spacial score (nSPS) is 12.3. The molecule has 0 fully saturated rings. The Hall–Kier alpha value is -1.26. The van der Waals surface area contributed by atoms with Crippen LogP contribution in [-0.2, 0) is 32.9 Å². The maximum absolute atomic E-state index is 12.5. The number of hydrogen-bond acceptors (Lipinski definition) is 4. The maximum atomic E-state index is 12.5. The van der Waals surface area contributed by atoms with Crippen LogP contribution >= 0.6 is 15.9 Å². The van der Waals surface area contributed by atoms with Gasteiger partial charge >= 0.3 is 0 Å². The smallest absolute Gasteiger partial charge is 0.225 e. The van der Waals surface area contributed by atoms with Gasteiger partial charge in [-0.2, -0.15) is 0 Å². The van der Waals surface area contributed by atoms with Crippen molar-refractivity contribution >= 4 is 36.0 Å². The summed E-state index contributed by atoms with van der Waals surface area (Å²) in [4.78, 5) is 0.294. The van der Waals surface area contributed by atoms with Gasteiger partial charge in [-0.15, -0.1) is 0 Å². The Kier molecular flexibility index (Phi) is 6.39. The molecular formula is C16H19BrN2O4S2. The van der Waals surface area contributed by atoms with Crippen molar-refractivity contribution in [2.24, 2.45) is 5.14 Å². The van der Waals surface area contributed by atoms with Crippen molar-refractivity contribution in [2.75, 3.05) is 6.54 Å². The molecule has 0 bridgehead atoms. The van der Waals surface area contributed by atoms with Gasteiger partial charge in [-0.25, -0.2) is 26.7 Å². The van der Waals surface area contributed by atoms with Gasteiger partial charge in [0.05, 0.1) is 9.79 Å². The van der Waals surface area contributed by atoms with Crippen LogP contribution in [0.5, 0.6) is 0 Å². The van der Waals surface area contributed by atoms with Crippen LogP contribution in [0.4, 0.5) is 0 Å². The van der Waals surface area contributed by atoms with Crippen molar-refractivity contribution in [3.8, 4) is 0 Å². The molecule has 25 heavy (non-hydrogen) atoms. The fraction of sp³-hybridized carbons (Fsp3) is 0.250. The standard InChI is InChI=1S/C16H19BrN2O4S2/c1-2-13-11-14(17)5-8-16(13)25(22,23)19-10-9-12-3-6-15(7-4-12)24(18,20)21/h3-8,11,19H,2,9-10H2,1H3,(H2,18,20,21). The molecule has 0 unspecified atom stereocenters. The van der Waals surface area contributed by atoms with Gasteiger partial charge in [0.1, 0.15) is 0 Å². The van der Waals surface area contributed by atoms with E-state index in [9.17, 15) is 16.8 Å². The van der Waals surface area contributed by atoms with Crippen LogP contribution in [0.15, 0.2) is 56.7 Å². The first kappa shape index (κ1) is 20.1. The number of halogens is 1. The second kappa shape index (κ2) is 7.96. The van der Waals surface area contributed by atoms with E-state index in [2.05, 4.69) is 20.7 Å². The fourth-order valence-electron chi connectivity index (χ4n) is 2.34. The number of benzene rings is 2. The number of sulfonamides is 2. The number of hydrogen-bond donors (Lipinski definition) is 2. The summed E-state index contributed by atoms with van der Waals surface area (Å²) in [7, 11) is -7.33. The zero-order valence-corrected chi connectivity index (χ0v) is 16.8. The van der Waals surface area contributed by atoms with Gasteiger partial charge in [0.25, 0.3) is 0 Å². The van der Waals surface area contributed by atoms with E-state index in [1.807, 2.05) is 6.92 Å². The van der Waals surface area contributed by atoms with Gasteiger partial charge in [-0.3, -0.25) is 0 Å². The highest BCUT2D eigenvalue weighted by Gasteiger charge is 2.17. The summed E-state index contributed by atoms with van der Waals surface area (Å²) in [5.74, 6) is 0. The molecule has 0 amide bonds. The van der Waals surface area contributed by atoms with E-state index in [0.29, 0.717) is 12.8 Å². The van der Waals surface area contributed by atoms with Crippen LogP contribution in [0, 0.1) is 0 Å². The molecule has 0 radical (unpaired) electrons. The molecule has 9 heteroatoms. The third-order valence-corrected chi connectivity index (χ3v) is 6.63. The summed E-state index contributed by atoms with van der Waals surface area (Å²) < 4.78 is 50.8. The lowest BCUT2D eigenvalue weighted by atomic mass is 10.2. The number of nitrogens with two attached hydrogens (primary N) is 1. The van der Waals surface area contributed by atoms with Crippen LogP contribution in [0.1, 0.15) is 18.1 Å². The van der Waals surface area contributed by atoms with Gasteiger partial charge in [-0.05, 0) is 54.3 Å². The van der Waals surface area contributed by atoms with Crippen LogP contribution in [-0.4, -0.2) is 23.4 Å². The summed E-state index contributed by atoms with van der Waals surface area (Å²) in [6.45, 7) is 2.10. The molecule has 0 spiro atoms. The first-order valence-corrected chi connectivity index (χ1v) is 11.4. The van der Waals surface area contributed by atoms with E-state index in [-0.39, 0.29) is 16.3 Å². The van der Waals surface area contributed by atoms with E-state index in [1.54, 1.807) is 30.3 Å². The lowest BCUT2D eigenvalue weighted by molar-refractivity contribution is 0.580. The zero-order valence-electron chi connectivity index (χ0n) is 13.6. The molecule has 3 N–H and O–H groups in total. The Morgan fingerprint density at radius 3 is 2.24 bits per heavy atom. The van der Waals surface area contributed by atoms with Gasteiger partial charge in [0.15, 0.2) is 0 Å². The summed E-state index contributed by atoms with van der Waals surface area (Å²) in [5, 5.41) is 5.04. The zero-order chi connectivity index (χ0) is 18.7. The van der Waals surface area contributed by atoms with Crippen molar-refractivity contribution in [2.45, 2.75) is 29.6 Å². The predicted molar refractivity (Wildman–Crippen MR) is 100 cm³/mol. The van der Waals surface area contributed by atoms with Crippen LogP contribution < -0.4 is 9.86 Å². The highest BCUT2D eigenvalue weighted by atomic mass is 79.9. The van der Waals surface area contributed by atoms with Crippen molar-refractivity contribution in [3.05, 3.63) is 58.1 Å². The minimum absolute atomic E-state index is 0.0271. The van der Waals surface area contributed by atoms with E-state index >= 15 is 0 Å². The highest BCUT2D eigenvalue weighted by molar-refractivity contribution is 9.10. The fourth-order valence-corrected chi connectivity index (χ4v) is 4.59. The molecule has 0 aliphatic carbocycles. The van der Waals surface area contributed by atoms with Crippen LogP contribution in [0.2, 0.25) is 0 Å². The van der Waals surface area contributed by atoms with Gasteiger partial charge in [-0.1, -0.05) is 35.0 Å². The molecule has 0 saturated carbocycles. The monoisotopic (exact) mass is 446 g/mol. The Morgan fingerprint density at radius 2 is 1.68 bits per heavy atom. The lowest BCUT2D eigenvalue weighted by Gasteiger charge is -2.11. The SMILES string of the molecule is CCc1cc(Br)ccc1S(=O)(=O)NCCc1ccc(S(N)(=O)=O)cc1. The Morgan fingerprint density at radius 1 is 1.04 bits per heavy atom. The molecule has 6 nitrogen and oxygen atoms in total. The predicted octanol–water partition coefficient (Wildman–Crippen LogP) is 2.18. The molecule has 136 valence electrons. The second-order valence-corrected chi connectivity index (χ2v) is 9.65. The van der Waals surface area contributed by atoms with E-state index in [4.69, 9.17) is 5.14 Å². The Bertz CT molecular complexity index is 956. The molecule has 0 atom stereocenters. The summed E-state index contributed by atoms with van der Waals surface area (Å²) in [6.07, 6.45) is 1.03. The Balaban J connectivity index is 2.06. The van der Waals surface area contributed by atoms with E-state index in [0.717, 1.165) is 15.6 Å². The molecule has 0 aliphatic rings. The topological polar surface area (TPSA) is 106 Å². The summed E-state index contributed by atoms with van der Waals surface area (Å²) >= 11 is 3.34. The second-order valence-electron chi connectivity index (χ2n) is 5.44. The first-order valence-electron chi connectivity index (χ1n) is 7.53. The highest BCUT2D eigenvalue weighted by Crippen LogP contribution is 2.21. The van der Waals surface area contributed by atoms with Crippen molar-refractivity contribution in [1.29, 1.82) is 0 Å². The average Bonchev–Trinajstić information content (AvgIpc) is 2.54. The minimum atomic E-state index is -3.73. The van der Waals surface area contributed by atoms with E-state index in [1.165, 1.54) is 12.1 Å². The van der Waals surface area contributed by atoms with Crippen molar-refractivity contribution in [1.82, 2.24) is 4.72 Å². The molecule has 2 aromatic carbocycles.